The highest BCUT2D eigenvalue weighted by Crippen LogP contribution is 2.43. The minimum Gasteiger partial charge on any atom is -0.389 e. The molecular weight excluding hydrogens is 527 g/mol. The zero-order valence-corrected chi connectivity index (χ0v) is 31.1. The Morgan fingerprint density at radius 1 is 0.381 bits per heavy atom. The smallest absolute Gasteiger partial charge is 0.0679 e. The van der Waals surface area contributed by atoms with Crippen LogP contribution in [0, 0.1) is 0 Å². The van der Waals surface area contributed by atoms with Crippen LogP contribution in [-0.4, -0.2) is 16.1 Å². The maximum Gasteiger partial charge on any atom is 0.0679 e. The zero-order chi connectivity index (χ0) is 30.8. The molecule has 0 heterocycles. The Morgan fingerprint density at radius 2 is 0.571 bits per heavy atom. The van der Waals surface area contributed by atoms with E-state index in [-0.39, 0.29) is 5.85 Å². The van der Waals surface area contributed by atoms with E-state index in [2.05, 4.69) is 20.8 Å². The molecule has 0 saturated carbocycles. The molecule has 0 bridgehead atoms. The van der Waals surface area contributed by atoms with Gasteiger partial charge in [-0.15, -0.1) is 0 Å². The molecule has 0 spiro atoms. The van der Waals surface area contributed by atoms with E-state index in [4.69, 9.17) is 0 Å². The molecule has 1 nitrogen and oxygen atoms in total. The predicted molar refractivity (Wildman–Crippen MR) is 197 cm³/mol. The van der Waals surface area contributed by atoms with E-state index in [1.165, 1.54) is 218 Å². The van der Waals surface area contributed by atoms with Crippen LogP contribution in [-0.2, 0) is 0 Å². The summed E-state index contributed by atoms with van der Waals surface area (Å²) < 4.78 is 0. The van der Waals surface area contributed by atoms with Crippen molar-refractivity contribution >= 4 is 8.58 Å². The molecule has 0 rings (SSSR count). The van der Waals surface area contributed by atoms with Crippen molar-refractivity contribution in [2.24, 2.45) is 0 Å². The first kappa shape index (κ1) is 42.4. The molecule has 0 aliphatic heterocycles. The van der Waals surface area contributed by atoms with Gasteiger partial charge in [0, 0.05) is 0 Å². The van der Waals surface area contributed by atoms with Crippen LogP contribution in [0.15, 0.2) is 0 Å². The molecule has 2 heteroatoms. The van der Waals surface area contributed by atoms with E-state index < -0.39 is 0 Å². The van der Waals surface area contributed by atoms with Gasteiger partial charge in [-0.05, 0) is 24.9 Å². The van der Waals surface area contributed by atoms with Crippen molar-refractivity contribution in [3.8, 4) is 0 Å². The zero-order valence-electron chi connectivity index (χ0n) is 30.1. The van der Waals surface area contributed by atoms with E-state index in [0.717, 1.165) is 0 Å². The van der Waals surface area contributed by atoms with E-state index in [1.54, 1.807) is 0 Å². The van der Waals surface area contributed by atoms with Gasteiger partial charge in [0.2, 0.25) is 0 Å². The average Bonchev–Trinajstić information content (AvgIpc) is 2.96. The number of rotatable bonds is 36. The monoisotopic (exact) mass is 611 g/mol. The topological polar surface area (TPSA) is 20.2 Å². The van der Waals surface area contributed by atoms with Crippen LogP contribution in [0.3, 0.4) is 0 Å². The van der Waals surface area contributed by atoms with Gasteiger partial charge in [0.05, 0.1) is 5.85 Å². The fourth-order valence-corrected chi connectivity index (χ4v) is 8.55. The van der Waals surface area contributed by atoms with Crippen LogP contribution in [0.4, 0.5) is 0 Å². The lowest BCUT2D eigenvalue weighted by Crippen LogP contribution is -2.21. The van der Waals surface area contributed by atoms with Crippen molar-refractivity contribution in [2.45, 2.75) is 257 Å². The third-order valence-electron chi connectivity index (χ3n) is 9.72. The molecule has 0 amide bonds. The van der Waals surface area contributed by atoms with E-state index >= 15 is 0 Å². The fraction of sp³-hybridized carbons (Fsp3) is 1.00. The molecule has 0 aliphatic carbocycles. The second-order valence-electron chi connectivity index (χ2n) is 14.5. The van der Waals surface area contributed by atoms with Crippen LogP contribution in [0.2, 0.25) is 0 Å². The second kappa shape index (κ2) is 34.3. The van der Waals surface area contributed by atoms with Crippen LogP contribution in [0.1, 0.15) is 246 Å². The largest absolute Gasteiger partial charge is 0.389 e. The SMILES string of the molecule is CCCCCCCCCCCCCCCCCCC(C)(CCCCCCCCCCCCCCCCCC)PC(C)O. The highest BCUT2D eigenvalue weighted by molar-refractivity contribution is 7.40. The highest BCUT2D eigenvalue weighted by atomic mass is 31.1. The van der Waals surface area contributed by atoms with Gasteiger partial charge in [-0.3, -0.25) is 0 Å². The lowest BCUT2D eigenvalue weighted by Gasteiger charge is -2.31. The molecule has 2 unspecified atom stereocenters. The Labute approximate surface area is 270 Å². The molecule has 254 valence electrons. The predicted octanol–water partition coefficient (Wildman–Crippen LogP) is 15.1. The van der Waals surface area contributed by atoms with Gasteiger partial charge >= 0.3 is 0 Å². The quantitative estimate of drug-likeness (QED) is 0.0552. The number of hydrogen-bond donors (Lipinski definition) is 1. The molecule has 0 aromatic rings. The first-order chi connectivity index (χ1) is 20.5. The molecule has 2 atom stereocenters. The fourth-order valence-electron chi connectivity index (χ4n) is 6.90. The van der Waals surface area contributed by atoms with Crippen LogP contribution < -0.4 is 0 Å². The third-order valence-corrected chi connectivity index (χ3v) is 11.3. The molecule has 0 aliphatic rings. The van der Waals surface area contributed by atoms with Gasteiger partial charge in [-0.25, -0.2) is 0 Å². The van der Waals surface area contributed by atoms with E-state index in [1.807, 2.05) is 6.92 Å². The van der Waals surface area contributed by atoms with Gasteiger partial charge in [0.25, 0.3) is 0 Å². The highest BCUT2D eigenvalue weighted by Gasteiger charge is 2.25. The normalized spacial score (nSPS) is 13.1. The summed E-state index contributed by atoms with van der Waals surface area (Å²) in [7, 11) is 0.710. The molecular formula is C40H83OP. The molecule has 0 radical (unpaired) electrons. The first-order valence-electron chi connectivity index (χ1n) is 20.0. The van der Waals surface area contributed by atoms with E-state index in [0.29, 0.717) is 13.7 Å². The lowest BCUT2D eigenvalue weighted by molar-refractivity contribution is 0.275. The molecule has 0 saturated heterocycles. The summed E-state index contributed by atoms with van der Waals surface area (Å²) in [5, 5.41) is 10.5. The maximum atomic E-state index is 10.2. The Balaban J connectivity index is 3.60. The van der Waals surface area contributed by atoms with Gasteiger partial charge in [0.15, 0.2) is 0 Å². The number of unbranched alkanes of at least 4 members (excludes halogenated alkanes) is 30. The van der Waals surface area contributed by atoms with Crippen molar-refractivity contribution in [2.75, 3.05) is 0 Å². The molecule has 1 N–H and O–H groups in total. The second-order valence-corrected chi connectivity index (χ2v) is 16.8. The molecule has 42 heavy (non-hydrogen) atoms. The Morgan fingerprint density at radius 3 is 0.762 bits per heavy atom. The van der Waals surface area contributed by atoms with E-state index in [9.17, 15) is 5.11 Å². The van der Waals surface area contributed by atoms with Crippen molar-refractivity contribution in [1.82, 2.24) is 0 Å². The minimum atomic E-state index is -0.128. The summed E-state index contributed by atoms with van der Waals surface area (Å²) in [5.41, 5.74) is 0. The number of aliphatic hydroxyl groups is 1. The summed E-state index contributed by atoms with van der Waals surface area (Å²) >= 11 is 0. The summed E-state index contributed by atoms with van der Waals surface area (Å²) in [6.45, 7) is 9.10. The Bertz CT molecular complexity index is 454. The van der Waals surface area contributed by atoms with Crippen LogP contribution in [0.25, 0.3) is 0 Å². The first-order valence-corrected chi connectivity index (χ1v) is 21.1. The third kappa shape index (κ3) is 33.3. The van der Waals surface area contributed by atoms with Crippen LogP contribution in [0.5, 0.6) is 0 Å². The van der Waals surface area contributed by atoms with Crippen LogP contribution >= 0.6 is 8.58 Å². The molecule has 0 aromatic carbocycles. The van der Waals surface area contributed by atoms with Crippen molar-refractivity contribution in [1.29, 1.82) is 0 Å². The number of hydrogen-bond acceptors (Lipinski definition) is 1. The van der Waals surface area contributed by atoms with Gasteiger partial charge < -0.3 is 5.11 Å². The summed E-state index contributed by atoms with van der Waals surface area (Å²) in [6.07, 6.45) is 48.7. The van der Waals surface area contributed by atoms with Gasteiger partial charge in [-0.1, -0.05) is 235 Å². The summed E-state index contributed by atoms with van der Waals surface area (Å²) in [5.74, 6) is -0.128. The Hall–Kier alpha value is 0.390. The maximum absolute atomic E-state index is 10.2. The van der Waals surface area contributed by atoms with Crippen molar-refractivity contribution in [3.05, 3.63) is 0 Å². The Kier molecular flexibility index (Phi) is 34.6. The molecule has 0 aromatic heterocycles. The van der Waals surface area contributed by atoms with Crippen molar-refractivity contribution < 1.29 is 5.11 Å². The van der Waals surface area contributed by atoms with Crippen molar-refractivity contribution in [3.63, 3.8) is 0 Å². The summed E-state index contributed by atoms with van der Waals surface area (Å²) in [6, 6.07) is 0. The van der Waals surface area contributed by atoms with Gasteiger partial charge in [0.1, 0.15) is 0 Å². The number of aliphatic hydroxyl groups excluding tert-OH is 1. The summed E-state index contributed by atoms with van der Waals surface area (Å²) in [4.78, 5) is 0. The molecule has 0 fully saturated rings. The minimum absolute atomic E-state index is 0.128. The lowest BCUT2D eigenvalue weighted by atomic mass is 9.94. The van der Waals surface area contributed by atoms with Gasteiger partial charge in [-0.2, -0.15) is 0 Å². The average molecular weight is 611 g/mol. The standard InChI is InChI=1S/C40H83OP/c1-5-7-9-11-13-15-17-19-21-23-25-27-29-31-33-35-37-40(4,42-39(3)41)38-36-34-32-30-28-26-24-22-20-18-16-14-12-10-8-6-2/h39,41-42H,5-38H2,1-4H3.